The van der Waals surface area contributed by atoms with E-state index in [9.17, 15) is 22.0 Å². The van der Waals surface area contributed by atoms with Gasteiger partial charge in [0.25, 0.3) is 0 Å². The molecule has 1 aromatic carbocycles. The molecule has 2 rings (SSSR count). The zero-order valence-corrected chi connectivity index (χ0v) is 13.1. The van der Waals surface area contributed by atoms with Gasteiger partial charge in [-0.05, 0) is 22.0 Å². The van der Waals surface area contributed by atoms with Gasteiger partial charge in [-0.1, -0.05) is 0 Å². The van der Waals surface area contributed by atoms with Crippen LogP contribution in [-0.4, -0.2) is 26.6 Å². The van der Waals surface area contributed by atoms with Gasteiger partial charge in [0.05, 0.1) is 11.4 Å². The van der Waals surface area contributed by atoms with E-state index in [1.165, 1.54) is 4.90 Å². The molecule has 1 aromatic rings. The van der Waals surface area contributed by atoms with Gasteiger partial charge in [0.15, 0.2) is 11.6 Å². The molecule has 0 aromatic heterocycles. The predicted octanol–water partition coefficient (Wildman–Crippen LogP) is 2.65. The zero-order chi connectivity index (χ0) is 15.1. The van der Waals surface area contributed by atoms with E-state index in [-0.39, 0.29) is 34.8 Å². The lowest BCUT2D eigenvalue weighted by Crippen LogP contribution is -2.26. The minimum absolute atomic E-state index is 0.00259. The fraction of sp³-hybridized carbons (Fsp3) is 0.364. The summed E-state index contributed by atoms with van der Waals surface area (Å²) in [6.45, 7) is 0.0917. The molecule has 0 saturated carbocycles. The highest BCUT2D eigenvalue weighted by Crippen LogP contribution is 2.33. The number of hydrogen-bond donors (Lipinski definition) is 0. The third-order valence-electron chi connectivity index (χ3n) is 2.92. The fourth-order valence-corrected chi connectivity index (χ4v) is 3.98. The molecule has 0 N–H and O–H groups in total. The summed E-state index contributed by atoms with van der Waals surface area (Å²) in [6.07, 6.45) is -0.00259. The van der Waals surface area contributed by atoms with Crippen LogP contribution in [0, 0.1) is 17.6 Å². The molecule has 4 nitrogen and oxygen atoms in total. The molecule has 0 spiro atoms. The molecule has 0 radical (unpaired) electrons. The van der Waals surface area contributed by atoms with Gasteiger partial charge in [-0.2, -0.15) is 0 Å². The second kappa shape index (κ2) is 5.57. The van der Waals surface area contributed by atoms with Crippen molar-refractivity contribution in [1.29, 1.82) is 0 Å². The van der Waals surface area contributed by atoms with E-state index in [1.54, 1.807) is 0 Å². The van der Waals surface area contributed by atoms with Gasteiger partial charge < -0.3 is 4.90 Å². The van der Waals surface area contributed by atoms with Crippen LogP contribution in [-0.2, 0) is 13.8 Å². The summed E-state index contributed by atoms with van der Waals surface area (Å²) in [5.41, 5.74) is 0.170. The lowest BCUT2D eigenvalue weighted by Gasteiger charge is -2.18. The maximum absolute atomic E-state index is 13.3. The van der Waals surface area contributed by atoms with Gasteiger partial charge in [0.1, 0.15) is 0 Å². The van der Waals surface area contributed by atoms with Gasteiger partial charge in [-0.15, -0.1) is 0 Å². The second-order valence-corrected chi connectivity index (χ2v) is 8.17. The average Bonchev–Trinajstić information content (AvgIpc) is 2.62. The lowest BCUT2D eigenvalue weighted by atomic mass is 10.1. The van der Waals surface area contributed by atoms with E-state index in [2.05, 4.69) is 15.9 Å². The van der Waals surface area contributed by atoms with Gasteiger partial charge in [-0.25, -0.2) is 17.2 Å². The summed E-state index contributed by atoms with van der Waals surface area (Å²) in [5, 5.41) is 0. The molecule has 1 saturated heterocycles. The number of hydrogen-bond acceptors (Lipinski definition) is 3. The van der Waals surface area contributed by atoms with Crippen LogP contribution >= 0.6 is 26.6 Å². The maximum Gasteiger partial charge on any atom is 0.232 e. The van der Waals surface area contributed by atoms with Crippen LogP contribution in [0.1, 0.15) is 6.42 Å². The SMILES string of the molecule is O=C1CC(CS(=O)(=O)Cl)CN1c1cc(F)c(F)cc1Br. The average molecular weight is 389 g/mol. The number of anilines is 1. The van der Waals surface area contributed by atoms with E-state index in [0.29, 0.717) is 0 Å². The Kier molecular flexibility index (Phi) is 4.36. The molecule has 110 valence electrons. The Morgan fingerprint density at radius 2 is 1.95 bits per heavy atom. The van der Waals surface area contributed by atoms with Crippen LogP contribution in [0.5, 0.6) is 0 Å². The highest BCUT2D eigenvalue weighted by Gasteiger charge is 2.34. The standard InChI is InChI=1S/C11H9BrClF2NO3S/c12-7-2-8(14)9(15)3-10(7)16-4-6(1-11(16)17)5-20(13,18)19/h2-3,6H,1,4-5H2. The summed E-state index contributed by atoms with van der Waals surface area (Å²) in [7, 11) is 1.44. The third kappa shape index (κ3) is 3.48. The predicted molar refractivity (Wildman–Crippen MR) is 74.2 cm³/mol. The minimum Gasteiger partial charge on any atom is -0.311 e. The van der Waals surface area contributed by atoms with Crippen LogP contribution in [0.2, 0.25) is 0 Å². The second-order valence-electron chi connectivity index (χ2n) is 4.50. The van der Waals surface area contributed by atoms with E-state index in [0.717, 1.165) is 12.1 Å². The number of carbonyl (C=O) groups is 1. The van der Waals surface area contributed by atoms with E-state index in [1.807, 2.05) is 0 Å². The Morgan fingerprint density at radius 1 is 1.35 bits per heavy atom. The largest absolute Gasteiger partial charge is 0.311 e. The molecule has 1 aliphatic heterocycles. The van der Waals surface area contributed by atoms with Gasteiger partial charge >= 0.3 is 0 Å². The molecule has 1 heterocycles. The fourth-order valence-electron chi connectivity index (χ4n) is 2.13. The van der Waals surface area contributed by atoms with Crippen molar-refractivity contribution in [3.8, 4) is 0 Å². The van der Waals surface area contributed by atoms with Crippen molar-refractivity contribution < 1.29 is 22.0 Å². The first kappa shape index (κ1) is 15.7. The summed E-state index contributed by atoms with van der Waals surface area (Å²) in [6, 6.07) is 1.82. The van der Waals surface area contributed by atoms with Crippen LogP contribution < -0.4 is 4.90 Å². The zero-order valence-electron chi connectivity index (χ0n) is 9.95. The summed E-state index contributed by atoms with van der Waals surface area (Å²) in [5.74, 6) is -3.28. The number of amides is 1. The molecule has 0 aliphatic carbocycles. The first-order valence-corrected chi connectivity index (χ1v) is 8.82. The summed E-state index contributed by atoms with van der Waals surface area (Å²) >= 11 is 3.06. The first-order chi connectivity index (χ1) is 9.17. The van der Waals surface area contributed by atoms with E-state index in [4.69, 9.17) is 10.7 Å². The molecule has 1 unspecified atom stereocenters. The van der Waals surface area contributed by atoms with Crippen molar-refractivity contribution in [2.45, 2.75) is 6.42 Å². The third-order valence-corrected chi connectivity index (χ3v) is 4.80. The molecule has 0 bridgehead atoms. The molecule has 1 atom stereocenters. The topological polar surface area (TPSA) is 54.5 Å². The van der Waals surface area contributed by atoms with Crippen molar-refractivity contribution in [1.82, 2.24) is 0 Å². The number of nitrogens with zero attached hydrogens (tertiary/aromatic N) is 1. The van der Waals surface area contributed by atoms with Crippen LogP contribution in [0.25, 0.3) is 0 Å². The highest BCUT2D eigenvalue weighted by molar-refractivity contribution is 9.10. The molecule has 1 fully saturated rings. The van der Waals surface area contributed by atoms with Crippen LogP contribution in [0.3, 0.4) is 0 Å². The first-order valence-electron chi connectivity index (χ1n) is 5.54. The van der Waals surface area contributed by atoms with Gasteiger partial charge in [-0.3, -0.25) is 4.79 Å². The number of benzene rings is 1. The quantitative estimate of drug-likeness (QED) is 0.591. The van der Waals surface area contributed by atoms with Crippen molar-refractivity contribution in [3.05, 3.63) is 28.2 Å². The summed E-state index contributed by atoms with van der Waals surface area (Å²) in [4.78, 5) is 13.1. The molecular weight excluding hydrogens is 380 g/mol. The van der Waals surface area contributed by atoms with E-state index < -0.39 is 26.6 Å². The van der Waals surface area contributed by atoms with E-state index >= 15 is 0 Å². The molecule has 20 heavy (non-hydrogen) atoms. The molecule has 1 amide bonds. The maximum atomic E-state index is 13.3. The Bertz CT molecular complexity index is 668. The van der Waals surface area contributed by atoms with Crippen molar-refractivity contribution >= 4 is 47.3 Å². The Morgan fingerprint density at radius 3 is 2.55 bits per heavy atom. The number of carbonyl (C=O) groups excluding carboxylic acids is 1. The van der Waals surface area contributed by atoms with Crippen molar-refractivity contribution in [2.75, 3.05) is 17.2 Å². The Balaban J connectivity index is 2.26. The van der Waals surface area contributed by atoms with Crippen molar-refractivity contribution in [3.63, 3.8) is 0 Å². The normalized spacial score (nSPS) is 19.7. The smallest absolute Gasteiger partial charge is 0.232 e. The Hall–Kier alpha value is -0.730. The highest BCUT2D eigenvalue weighted by atomic mass is 79.9. The Labute approximate surface area is 127 Å². The van der Waals surface area contributed by atoms with Gasteiger partial charge in [0, 0.05) is 40.1 Å². The summed E-state index contributed by atoms with van der Waals surface area (Å²) < 4.78 is 48.6. The molecular formula is C11H9BrClF2NO3S. The minimum atomic E-state index is -3.71. The van der Waals surface area contributed by atoms with Crippen molar-refractivity contribution in [2.24, 2.45) is 5.92 Å². The number of rotatable bonds is 3. The number of halogens is 4. The van der Waals surface area contributed by atoms with Crippen LogP contribution in [0.4, 0.5) is 14.5 Å². The molecule has 9 heteroatoms. The monoisotopic (exact) mass is 387 g/mol. The molecule has 1 aliphatic rings. The van der Waals surface area contributed by atoms with Crippen LogP contribution in [0.15, 0.2) is 16.6 Å². The van der Waals surface area contributed by atoms with Gasteiger partial charge in [0.2, 0.25) is 15.0 Å². The lowest BCUT2D eigenvalue weighted by molar-refractivity contribution is -0.117.